The first kappa shape index (κ1) is 15.2. The maximum atomic E-state index is 12.1. The Labute approximate surface area is 136 Å². The van der Waals surface area contributed by atoms with E-state index in [0.29, 0.717) is 11.7 Å². The Morgan fingerprint density at radius 3 is 3.00 bits per heavy atom. The zero-order chi connectivity index (χ0) is 16.2. The van der Waals surface area contributed by atoms with E-state index in [1.807, 2.05) is 25.1 Å². The molecule has 118 valence electrons. The van der Waals surface area contributed by atoms with Crippen molar-refractivity contribution in [1.29, 1.82) is 0 Å². The highest BCUT2D eigenvalue weighted by Crippen LogP contribution is 2.29. The molecule has 1 aromatic carbocycles. The van der Waals surface area contributed by atoms with Crippen molar-refractivity contribution >= 4 is 32.6 Å². The molecule has 2 heterocycles. The van der Waals surface area contributed by atoms with Crippen LogP contribution in [-0.2, 0) is 11.3 Å². The number of aromatic nitrogens is 2. The minimum atomic E-state index is -0.289. The fraction of sp³-hybridized carbons (Fsp3) is 0.188. The Kier molecular flexibility index (Phi) is 4.38. The predicted octanol–water partition coefficient (Wildman–Crippen LogP) is 2.50. The van der Waals surface area contributed by atoms with Gasteiger partial charge in [-0.1, -0.05) is 17.4 Å². The maximum absolute atomic E-state index is 12.1. The molecule has 3 rings (SSSR count). The second-order valence-corrected chi connectivity index (χ2v) is 5.83. The molecular formula is C16H15N3O3S. The lowest BCUT2D eigenvalue weighted by Crippen LogP contribution is -2.26. The Morgan fingerprint density at radius 2 is 2.22 bits per heavy atom. The molecule has 0 saturated carbocycles. The van der Waals surface area contributed by atoms with Crippen LogP contribution in [0.5, 0.6) is 5.75 Å². The molecule has 0 aliphatic heterocycles. The minimum absolute atomic E-state index is 0.0419. The number of hydrogen-bond acceptors (Lipinski definition) is 5. The first-order chi connectivity index (χ1) is 11.2. The maximum Gasteiger partial charge on any atom is 0.250 e. The van der Waals surface area contributed by atoms with Gasteiger partial charge in [0.15, 0.2) is 5.13 Å². The fourth-order valence-electron chi connectivity index (χ4n) is 2.12. The zero-order valence-corrected chi connectivity index (χ0v) is 13.3. The lowest BCUT2D eigenvalue weighted by molar-refractivity contribution is -0.116. The smallest absolute Gasteiger partial charge is 0.250 e. The standard InChI is InChI=1S/C16H15N3O3S/c1-2-22-11-6-7-12-13(9-11)23-16(17-12)18-14(20)10-19-8-4-3-5-15(19)21/h3-9H,2,10H2,1H3,(H,17,18,20). The molecule has 0 fully saturated rings. The number of nitrogens with zero attached hydrogens (tertiary/aromatic N) is 2. The molecule has 0 aliphatic carbocycles. The summed E-state index contributed by atoms with van der Waals surface area (Å²) in [5.74, 6) is 0.486. The average molecular weight is 329 g/mol. The topological polar surface area (TPSA) is 73.2 Å². The molecule has 0 aliphatic rings. The molecule has 7 heteroatoms. The molecule has 0 spiro atoms. The second kappa shape index (κ2) is 6.62. The van der Waals surface area contributed by atoms with Crippen LogP contribution >= 0.6 is 11.3 Å². The number of pyridine rings is 1. The molecule has 1 N–H and O–H groups in total. The van der Waals surface area contributed by atoms with Gasteiger partial charge in [0.25, 0.3) is 5.56 Å². The monoisotopic (exact) mass is 329 g/mol. The van der Waals surface area contributed by atoms with Gasteiger partial charge in [-0.2, -0.15) is 0 Å². The molecule has 0 radical (unpaired) electrons. The summed E-state index contributed by atoms with van der Waals surface area (Å²) in [6, 6.07) is 10.4. The minimum Gasteiger partial charge on any atom is -0.494 e. The Morgan fingerprint density at radius 1 is 1.35 bits per heavy atom. The van der Waals surface area contributed by atoms with Crippen molar-refractivity contribution in [3.8, 4) is 5.75 Å². The number of nitrogens with one attached hydrogen (secondary N) is 1. The number of hydrogen-bond donors (Lipinski definition) is 1. The number of thiazole rings is 1. The first-order valence-corrected chi connectivity index (χ1v) is 7.96. The number of rotatable bonds is 5. The lowest BCUT2D eigenvalue weighted by Gasteiger charge is -2.04. The van der Waals surface area contributed by atoms with Crippen LogP contribution in [0.25, 0.3) is 10.2 Å². The fourth-order valence-corrected chi connectivity index (χ4v) is 3.03. The van der Waals surface area contributed by atoms with Gasteiger partial charge in [0.05, 0.1) is 16.8 Å². The highest BCUT2D eigenvalue weighted by atomic mass is 32.1. The van der Waals surface area contributed by atoms with Crippen molar-refractivity contribution in [1.82, 2.24) is 9.55 Å². The van der Waals surface area contributed by atoms with E-state index in [0.717, 1.165) is 16.0 Å². The van der Waals surface area contributed by atoms with Crippen LogP contribution < -0.4 is 15.6 Å². The summed E-state index contributed by atoms with van der Waals surface area (Å²) in [6.07, 6.45) is 1.58. The van der Waals surface area contributed by atoms with Gasteiger partial charge in [-0.05, 0) is 31.2 Å². The van der Waals surface area contributed by atoms with Crippen LogP contribution in [-0.4, -0.2) is 22.1 Å². The van der Waals surface area contributed by atoms with Gasteiger partial charge in [-0.3, -0.25) is 9.59 Å². The number of fused-ring (bicyclic) bond motifs is 1. The van der Waals surface area contributed by atoms with Crippen LogP contribution in [0.4, 0.5) is 5.13 Å². The third-order valence-electron chi connectivity index (χ3n) is 3.13. The Bertz CT molecular complexity index is 901. The molecular weight excluding hydrogens is 314 g/mol. The van der Waals surface area contributed by atoms with Crippen molar-refractivity contribution in [3.05, 3.63) is 52.9 Å². The highest BCUT2D eigenvalue weighted by molar-refractivity contribution is 7.22. The zero-order valence-electron chi connectivity index (χ0n) is 12.5. The molecule has 2 aromatic heterocycles. The van der Waals surface area contributed by atoms with Crippen molar-refractivity contribution in [2.45, 2.75) is 13.5 Å². The summed E-state index contributed by atoms with van der Waals surface area (Å²) in [7, 11) is 0. The van der Waals surface area contributed by atoms with Crippen molar-refractivity contribution in [2.24, 2.45) is 0 Å². The largest absolute Gasteiger partial charge is 0.494 e. The van der Waals surface area contributed by atoms with Gasteiger partial charge in [0, 0.05) is 12.3 Å². The molecule has 6 nitrogen and oxygen atoms in total. The molecule has 0 bridgehead atoms. The number of carbonyl (C=O) groups is 1. The summed E-state index contributed by atoms with van der Waals surface area (Å²) in [4.78, 5) is 28.0. The van der Waals surface area contributed by atoms with Crippen LogP contribution in [0.1, 0.15) is 6.92 Å². The SMILES string of the molecule is CCOc1ccc2nc(NC(=O)Cn3ccccc3=O)sc2c1. The van der Waals surface area contributed by atoms with E-state index in [1.165, 1.54) is 22.0 Å². The third-order valence-corrected chi connectivity index (χ3v) is 4.06. The van der Waals surface area contributed by atoms with Gasteiger partial charge >= 0.3 is 0 Å². The van der Waals surface area contributed by atoms with E-state index < -0.39 is 0 Å². The molecule has 0 saturated heterocycles. The molecule has 1 amide bonds. The van der Waals surface area contributed by atoms with Crippen molar-refractivity contribution in [2.75, 3.05) is 11.9 Å². The van der Waals surface area contributed by atoms with Gasteiger partial charge in [0.2, 0.25) is 5.91 Å². The third kappa shape index (κ3) is 3.57. The van der Waals surface area contributed by atoms with Crippen molar-refractivity contribution in [3.63, 3.8) is 0 Å². The summed E-state index contributed by atoms with van der Waals surface area (Å²) in [5.41, 5.74) is 0.582. The molecule has 0 atom stereocenters. The number of benzene rings is 1. The summed E-state index contributed by atoms with van der Waals surface area (Å²) in [5, 5.41) is 3.23. The Balaban J connectivity index is 1.74. The quantitative estimate of drug-likeness (QED) is 0.780. The van der Waals surface area contributed by atoms with E-state index in [2.05, 4.69) is 10.3 Å². The summed E-state index contributed by atoms with van der Waals surface area (Å²) < 4.78 is 7.73. The molecule has 3 aromatic rings. The summed E-state index contributed by atoms with van der Waals surface area (Å²) in [6.45, 7) is 2.48. The van der Waals surface area contributed by atoms with E-state index >= 15 is 0 Å². The van der Waals surface area contributed by atoms with Crippen LogP contribution in [0.15, 0.2) is 47.4 Å². The van der Waals surface area contributed by atoms with Crippen LogP contribution in [0, 0.1) is 0 Å². The van der Waals surface area contributed by atoms with Crippen LogP contribution in [0.3, 0.4) is 0 Å². The normalized spacial score (nSPS) is 10.7. The van der Waals surface area contributed by atoms with E-state index in [9.17, 15) is 9.59 Å². The van der Waals surface area contributed by atoms with E-state index in [-0.39, 0.29) is 18.0 Å². The van der Waals surface area contributed by atoms with Gasteiger partial charge in [-0.15, -0.1) is 0 Å². The summed E-state index contributed by atoms with van der Waals surface area (Å²) >= 11 is 1.37. The van der Waals surface area contributed by atoms with Gasteiger partial charge < -0.3 is 14.6 Å². The highest BCUT2D eigenvalue weighted by Gasteiger charge is 2.09. The van der Waals surface area contributed by atoms with Gasteiger partial charge in [-0.25, -0.2) is 4.98 Å². The lowest BCUT2D eigenvalue weighted by atomic mass is 10.3. The average Bonchev–Trinajstić information content (AvgIpc) is 2.91. The molecule has 0 unspecified atom stereocenters. The number of carbonyl (C=O) groups excluding carboxylic acids is 1. The second-order valence-electron chi connectivity index (χ2n) is 4.80. The number of anilines is 1. The number of amides is 1. The van der Waals surface area contributed by atoms with Crippen molar-refractivity contribution < 1.29 is 9.53 Å². The van der Waals surface area contributed by atoms with E-state index in [1.54, 1.807) is 18.3 Å². The van der Waals surface area contributed by atoms with Crippen LogP contribution in [0.2, 0.25) is 0 Å². The Hall–Kier alpha value is -2.67. The van der Waals surface area contributed by atoms with E-state index in [4.69, 9.17) is 4.74 Å². The van der Waals surface area contributed by atoms with Gasteiger partial charge in [0.1, 0.15) is 12.3 Å². The molecule has 23 heavy (non-hydrogen) atoms. The predicted molar refractivity (Wildman–Crippen MR) is 90.1 cm³/mol. The first-order valence-electron chi connectivity index (χ1n) is 7.14. The number of ether oxygens (including phenoxy) is 1.